The van der Waals surface area contributed by atoms with E-state index < -0.39 is 0 Å². The number of nitrogens with zero attached hydrogens (tertiary/aromatic N) is 3. The van der Waals surface area contributed by atoms with Crippen LogP contribution in [0.4, 0.5) is 5.69 Å². The predicted octanol–water partition coefficient (Wildman–Crippen LogP) is 6.53. The lowest BCUT2D eigenvalue weighted by molar-refractivity contribution is -0.113. The molecule has 0 fully saturated rings. The molecule has 0 aliphatic rings. The minimum absolute atomic E-state index is 0.152. The van der Waals surface area contributed by atoms with Crippen LogP contribution in [0.2, 0.25) is 10.0 Å². The summed E-state index contributed by atoms with van der Waals surface area (Å²) < 4.78 is 1.96. The Labute approximate surface area is 200 Å². The van der Waals surface area contributed by atoms with Gasteiger partial charge in [0.1, 0.15) is 0 Å². The van der Waals surface area contributed by atoms with E-state index in [4.69, 9.17) is 23.2 Å². The Kier molecular flexibility index (Phi) is 7.15. The first-order chi connectivity index (χ1) is 15.5. The minimum atomic E-state index is -0.152. The summed E-state index contributed by atoms with van der Waals surface area (Å²) in [7, 11) is 0. The van der Waals surface area contributed by atoms with E-state index in [2.05, 4.69) is 34.6 Å². The number of hydrogen-bond donors (Lipinski definition) is 1. The molecule has 5 nitrogen and oxygen atoms in total. The van der Waals surface area contributed by atoms with Gasteiger partial charge in [-0.3, -0.25) is 9.36 Å². The van der Waals surface area contributed by atoms with Gasteiger partial charge in [0.2, 0.25) is 5.91 Å². The maximum Gasteiger partial charge on any atom is 0.234 e. The van der Waals surface area contributed by atoms with E-state index in [9.17, 15) is 4.79 Å². The fraction of sp³-hybridized carbons (Fsp3) is 0.125. The van der Waals surface area contributed by atoms with E-state index in [1.807, 2.05) is 41.0 Å². The third-order valence-corrected chi connectivity index (χ3v) is 6.20. The molecule has 1 heterocycles. The van der Waals surface area contributed by atoms with Crippen molar-refractivity contribution in [2.24, 2.45) is 0 Å². The smallest absolute Gasteiger partial charge is 0.234 e. The van der Waals surface area contributed by atoms with E-state index in [1.54, 1.807) is 24.3 Å². The summed E-state index contributed by atoms with van der Waals surface area (Å²) in [4.78, 5) is 12.5. The zero-order chi connectivity index (χ0) is 22.5. The average molecular weight is 483 g/mol. The summed E-state index contributed by atoms with van der Waals surface area (Å²) in [6.07, 6.45) is 0.956. The van der Waals surface area contributed by atoms with Crippen molar-refractivity contribution in [3.05, 3.63) is 88.4 Å². The van der Waals surface area contributed by atoms with Gasteiger partial charge < -0.3 is 5.32 Å². The van der Waals surface area contributed by atoms with Gasteiger partial charge in [-0.05, 0) is 66.6 Å². The number of amides is 1. The van der Waals surface area contributed by atoms with Gasteiger partial charge in [-0.2, -0.15) is 0 Å². The first-order valence-corrected chi connectivity index (χ1v) is 11.8. The molecule has 0 saturated heterocycles. The highest BCUT2D eigenvalue weighted by molar-refractivity contribution is 7.99. The molecule has 0 spiro atoms. The van der Waals surface area contributed by atoms with E-state index in [1.165, 1.54) is 17.3 Å². The van der Waals surface area contributed by atoms with Crippen LogP contribution in [-0.2, 0) is 11.2 Å². The lowest BCUT2D eigenvalue weighted by Gasteiger charge is -2.11. The topological polar surface area (TPSA) is 59.8 Å². The van der Waals surface area contributed by atoms with E-state index >= 15 is 0 Å². The van der Waals surface area contributed by atoms with Crippen LogP contribution in [0.5, 0.6) is 0 Å². The zero-order valence-corrected chi connectivity index (χ0v) is 19.6. The van der Waals surface area contributed by atoms with Crippen LogP contribution in [0.15, 0.2) is 78.0 Å². The first-order valence-electron chi connectivity index (χ1n) is 10.0. The number of thioether (sulfide) groups is 1. The molecule has 8 heteroatoms. The molecule has 1 N–H and O–H groups in total. The number of aryl methyl sites for hydroxylation is 1. The number of aromatic nitrogens is 3. The van der Waals surface area contributed by atoms with Crippen molar-refractivity contribution >= 4 is 46.6 Å². The molecule has 0 bridgehead atoms. The number of halogens is 2. The first kappa shape index (κ1) is 22.4. The molecule has 0 radical (unpaired) electrons. The maximum absolute atomic E-state index is 12.5. The van der Waals surface area contributed by atoms with Gasteiger partial charge in [0.25, 0.3) is 0 Å². The van der Waals surface area contributed by atoms with Gasteiger partial charge in [0, 0.05) is 27.0 Å². The molecule has 0 aliphatic heterocycles. The van der Waals surface area contributed by atoms with E-state index in [0.29, 0.717) is 26.7 Å². The highest BCUT2D eigenvalue weighted by Gasteiger charge is 2.17. The summed E-state index contributed by atoms with van der Waals surface area (Å²) in [5.74, 6) is 0.711. The minimum Gasteiger partial charge on any atom is -0.325 e. The Morgan fingerprint density at radius 3 is 2.41 bits per heavy atom. The highest BCUT2D eigenvalue weighted by atomic mass is 35.5. The van der Waals surface area contributed by atoms with Crippen LogP contribution in [-0.4, -0.2) is 26.4 Å². The van der Waals surface area contributed by atoms with Gasteiger partial charge in [0.05, 0.1) is 5.75 Å². The molecule has 0 unspecified atom stereocenters. The predicted molar refractivity (Wildman–Crippen MR) is 132 cm³/mol. The molecule has 0 saturated carbocycles. The van der Waals surface area contributed by atoms with Crippen LogP contribution >= 0.6 is 35.0 Å². The Morgan fingerprint density at radius 1 is 0.969 bits per heavy atom. The summed E-state index contributed by atoms with van der Waals surface area (Å²) in [6.45, 7) is 2.12. The van der Waals surface area contributed by atoms with Gasteiger partial charge >= 0.3 is 0 Å². The second-order valence-corrected chi connectivity index (χ2v) is 8.83. The Hall–Kier alpha value is -2.80. The van der Waals surface area contributed by atoms with Crippen molar-refractivity contribution < 1.29 is 4.79 Å². The lowest BCUT2D eigenvalue weighted by atomic mass is 10.1. The summed E-state index contributed by atoms with van der Waals surface area (Å²) in [5, 5.41) is 13.5. The van der Waals surface area contributed by atoms with E-state index in [-0.39, 0.29) is 11.7 Å². The summed E-state index contributed by atoms with van der Waals surface area (Å²) >= 11 is 13.4. The van der Waals surface area contributed by atoms with Crippen molar-refractivity contribution in [3.8, 4) is 17.1 Å². The van der Waals surface area contributed by atoms with Crippen molar-refractivity contribution in [1.29, 1.82) is 0 Å². The molecule has 1 amide bonds. The summed E-state index contributed by atoms with van der Waals surface area (Å²) in [5.41, 5.74) is 3.71. The standard InChI is InChI=1S/C24H20Cl2N4OS/c1-2-16-6-12-21(13-7-16)30-23(17-8-10-18(25)11-9-17)28-29-24(30)32-15-22(31)27-20-5-3-4-19(26)14-20/h3-14H,2,15H2,1H3,(H,27,31). The lowest BCUT2D eigenvalue weighted by Crippen LogP contribution is -2.14. The molecule has 3 aromatic carbocycles. The molecule has 32 heavy (non-hydrogen) atoms. The Bertz CT molecular complexity index is 1220. The van der Waals surface area contributed by atoms with Gasteiger partial charge in [-0.1, -0.05) is 60.1 Å². The number of nitrogens with one attached hydrogen (secondary N) is 1. The van der Waals surface area contributed by atoms with Crippen molar-refractivity contribution in [2.45, 2.75) is 18.5 Å². The molecule has 1 aromatic heterocycles. The van der Waals surface area contributed by atoms with Gasteiger partial charge in [-0.25, -0.2) is 0 Å². The van der Waals surface area contributed by atoms with Crippen LogP contribution in [0, 0.1) is 0 Å². The fourth-order valence-corrected chi connectivity index (χ4v) is 4.22. The molecule has 0 aliphatic carbocycles. The quantitative estimate of drug-likeness (QED) is 0.304. The highest BCUT2D eigenvalue weighted by Crippen LogP contribution is 2.29. The second-order valence-electron chi connectivity index (χ2n) is 7.02. The Morgan fingerprint density at radius 2 is 1.72 bits per heavy atom. The van der Waals surface area contributed by atoms with Crippen molar-refractivity contribution in [3.63, 3.8) is 0 Å². The van der Waals surface area contributed by atoms with Crippen LogP contribution in [0.1, 0.15) is 12.5 Å². The molecule has 0 atom stereocenters. The van der Waals surface area contributed by atoms with Crippen LogP contribution in [0.3, 0.4) is 0 Å². The number of rotatable bonds is 7. The molecule has 4 aromatic rings. The normalized spacial score (nSPS) is 10.8. The average Bonchev–Trinajstić information content (AvgIpc) is 3.22. The number of carbonyl (C=O) groups excluding carboxylic acids is 1. The zero-order valence-electron chi connectivity index (χ0n) is 17.3. The van der Waals surface area contributed by atoms with Crippen molar-refractivity contribution in [1.82, 2.24) is 14.8 Å². The SMILES string of the molecule is CCc1ccc(-n2c(SCC(=O)Nc3cccc(Cl)c3)nnc2-c2ccc(Cl)cc2)cc1. The number of hydrogen-bond acceptors (Lipinski definition) is 4. The van der Waals surface area contributed by atoms with E-state index in [0.717, 1.165) is 17.7 Å². The van der Waals surface area contributed by atoms with Gasteiger partial charge in [-0.15, -0.1) is 10.2 Å². The maximum atomic E-state index is 12.5. The fourth-order valence-electron chi connectivity index (χ4n) is 3.16. The number of benzene rings is 3. The monoisotopic (exact) mass is 482 g/mol. The third-order valence-electron chi connectivity index (χ3n) is 4.78. The van der Waals surface area contributed by atoms with Crippen LogP contribution < -0.4 is 5.32 Å². The third kappa shape index (κ3) is 5.33. The molecule has 4 rings (SSSR count). The second kappa shape index (κ2) is 10.2. The molecular formula is C24H20Cl2N4OS. The Balaban J connectivity index is 1.61. The van der Waals surface area contributed by atoms with Gasteiger partial charge in [0.15, 0.2) is 11.0 Å². The summed E-state index contributed by atoms with van der Waals surface area (Å²) in [6, 6.07) is 22.8. The largest absolute Gasteiger partial charge is 0.325 e. The number of anilines is 1. The molecular weight excluding hydrogens is 463 g/mol. The van der Waals surface area contributed by atoms with Crippen LogP contribution in [0.25, 0.3) is 17.1 Å². The number of carbonyl (C=O) groups is 1. The molecule has 162 valence electrons. The van der Waals surface area contributed by atoms with Crippen molar-refractivity contribution in [2.75, 3.05) is 11.1 Å².